The molecule has 0 spiro atoms. The monoisotopic (exact) mass is 195 g/mol. The molecule has 0 aliphatic rings. The van der Waals surface area contributed by atoms with Gasteiger partial charge in [-0.1, -0.05) is 0 Å². The molecule has 2 rings (SSSR count). The average Bonchev–Trinajstić information content (AvgIpc) is 2.59. The van der Waals surface area contributed by atoms with Crippen molar-refractivity contribution >= 4 is 11.6 Å². The minimum atomic E-state index is -1.06. The van der Waals surface area contributed by atoms with Gasteiger partial charge in [-0.05, 0) is 12.1 Å². The summed E-state index contributed by atoms with van der Waals surface area (Å²) in [6.07, 6.45) is 2.71. The second-order valence-electron chi connectivity index (χ2n) is 2.71. The Labute approximate surface area is 98.6 Å². The third kappa shape index (κ3) is 1.87. The molecule has 0 aliphatic carbocycles. The van der Waals surface area contributed by atoms with Gasteiger partial charge in [-0.15, -0.1) is 0 Å². The third-order valence-corrected chi connectivity index (χ3v) is 1.85. The molecule has 15 heavy (non-hydrogen) atoms. The fourth-order valence-electron chi connectivity index (χ4n) is 1.20. The SMILES string of the molecule is N#Cc1ccc2ncc(C(=O)O)n2c1.[H-].[Li+]. The second kappa shape index (κ2) is 4.18. The molecule has 0 radical (unpaired) electrons. The standard InChI is InChI=1S/C9H5N3O2.Li.H/c10-3-6-1-2-8-11-4-7(9(13)14)12(8)5-6;;/h1-2,4-5H,(H,13,14);;/q;+1;-1. The summed E-state index contributed by atoms with van der Waals surface area (Å²) in [5.41, 5.74) is 0.969. The van der Waals surface area contributed by atoms with Gasteiger partial charge in [-0.25, -0.2) is 9.78 Å². The van der Waals surface area contributed by atoms with E-state index in [2.05, 4.69) is 4.98 Å². The Bertz CT molecular complexity index is 561. The molecule has 0 saturated carbocycles. The number of hydrogen-bond donors (Lipinski definition) is 1. The first-order chi connectivity index (χ1) is 6.72. The number of carbonyl (C=O) groups is 1. The van der Waals surface area contributed by atoms with Crippen molar-refractivity contribution in [1.29, 1.82) is 5.26 Å². The van der Waals surface area contributed by atoms with Crippen LogP contribution in [0.2, 0.25) is 0 Å². The number of pyridine rings is 1. The van der Waals surface area contributed by atoms with Gasteiger partial charge in [0.2, 0.25) is 0 Å². The number of carboxylic acid groups (broad SMARTS) is 1. The first kappa shape index (κ1) is 11.3. The maximum Gasteiger partial charge on any atom is 1.00 e. The van der Waals surface area contributed by atoms with Crippen LogP contribution in [0, 0.1) is 11.3 Å². The van der Waals surface area contributed by atoms with Gasteiger partial charge in [0, 0.05) is 6.20 Å². The first-order valence-corrected chi connectivity index (χ1v) is 3.83. The van der Waals surface area contributed by atoms with Crippen molar-refractivity contribution in [2.24, 2.45) is 0 Å². The van der Waals surface area contributed by atoms with E-state index < -0.39 is 5.97 Å². The van der Waals surface area contributed by atoms with E-state index in [1.165, 1.54) is 16.8 Å². The minimum absolute atomic E-state index is 0. The van der Waals surface area contributed by atoms with Crippen molar-refractivity contribution in [3.05, 3.63) is 35.8 Å². The van der Waals surface area contributed by atoms with Crippen LogP contribution in [-0.2, 0) is 0 Å². The molecule has 70 valence electrons. The van der Waals surface area contributed by atoms with Crippen molar-refractivity contribution < 1.29 is 30.2 Å². The Balaban J connectivity index is 0.00000112. The molecule has 2 aromatic heterocycles. The van der Waals surface area contributed by atoms with Gasteiger partial charge in [0.25, 0.3) is 0 Å². The van der Waals surface area contributed by atoms with Crippen molar-refractivity contribution in [2.75, 3.05) is 0 Å². The van der Waals surface area contributed by atoms with Crippen LogP contribution in [0.25, 0.3) is 5.65 Å². The number of aromatic carboxylic acids is 1. The van der Waals surface area contributed by atoms with Gasteiger partial charge >= 0.3 is 24.8 Å². The summed E-state index contributed by atoms with van der Waals surface area (Å²) in [4.78, 5) is 14.6. The second-order valence-corrected chi connectivity index (χ2v) is 2.71. The molecule has 0 aliphatic heterocycles. The van der Waals surface area contributed by atoms with E-state index in [-0.39, 0.29) is 26.0 Å². The summed E-state index contributed by atoms with van der Waals surface area (Å²) < 4.78 is 1.38. The third-order valence-electron chi connectivity index (χ3n) is 1.85. The van der Waals surface area contributed by atoms with Crippen molar-refractivity contribution in [1.82, 2.24) is 9.38 Å². The van der Waals surface area contributed by atoms with E-state index in [0.29, 0.717) is 11.2 Å². The average molecular weight is 195 g/mol. The number of fused-ring (bicyclic) bond motifs is 1. The van der Waals surface area contributed by atoms with Crippen molar-refractivity contribution in [2.45, 2.75) is 0 Å². The van der Waals surface area contributed by atoms with E-state index >= 15 is 0 Å². The number of imidazole rings is 1. The predicted octanol–water partition coefficient (Wildman–Crippen LogP) is -1.98. The Morgan fingerprint density at radius 3 is 2.93 bits per heavy atom. The quantitative estimate of drug-likeness (QED) is 0.535. The van der Waals surface area contributed by atoms with E-state index in [1.54, 1.807) is 12.1 Å². The van der Waals surface area contributed by atoms with Gasteiger partial charge in [0.15, 0.2) is 5.69 Å². The molecule has 0 fully saturated rings. The van der Waals surface area contributed by atoms with Gasteiger partial charge in [0.1, 0.15) is 11.7 Å². The fourth-order valence-corrected chi connectivity index (χ4v) is 1.20. The molecule has 2 aromatic rings. The maximum absolute atomic E-state index is 10.7. The number of aromatic nitrogens is 2. The van der Waals surface area contributed by atoms with Crippen LogP contribution >= 0.6 is 0 Å². The number of rotatable bonds is 1. The number of carboxylic acids is 1. The molecule has 0 aromatic carbocycles. The number of nitrogens with zero attached hydrogens (tertiary/aromatic N) is 3. The van der Waals surface area contributed by atoms with Crippen molar-refractivity contribution in [3.63, 3.8) is 0 Å². The Hall–Kier alpha value is -1.75. The van der Waals surface area contributed by atoms with Crippen LogP contribution in [0.15, 0.2) is 24.5 Å². The fraction of sp³-hybridized carbons (Fsp3) is 0. The van der Waals surface area contributed by atoms with Gasteiger partial charge < -0.3 is 6.53 Å². The van der Waals surface area contributed by atoms with E-state index in [1.807, 2.05) is 6.07 Å². The number of hydrogen-bond acceptors (Lipinski definition) is 3. The molecule has 0 atom stereocenters. The molecular weight excluding hydrogens is 189 g/mol. The zero-order valence-electron chi connectivity index (χ0n) is 9.01. The van der Waals surface area contributed by atoms with E-state index in [4.69, 9.17) is 10.4 Å². The Kier molecular flexibility index (Phi) is 3.16. The molecule has 6 heteroatoms. The predicted molar refractivity (Wildman–Crippen MR) is 48.0 cm³/mol. The molecule has 0 saturated heterocycles. The first-order valence-electron chi connectivity index (χ1n) is 3.83. The summed E-state index contributed by atoms with van der Waals surface area (Å²) >= 11 is 0. The van der Waals surface area contributed by atoms with Crippen LogP contribution in [0.5, 0.6) is 0 Å². The molecule has 2 heterocycles. The summed E-state index contributed by atoms with van der Waals surface area (Å²) in [5, 5.41) is 17.4. The Morgan fingerprint density at radius 2 is 2.33 bits per heavy atom. The zero-order chi connectivity index (χ0) is 10.1. The molecule has 0 bridgehead atoms. The van der Waals surface area contributed by atoms with E-state index in [9.17, 15) is 4.79 Å². The summed E-state index contributed by atoms with van der Waals surface area (Å²) in [5.74, 6) is -1.06. The largest absolute Gasteiger partial charge is 1.00 e. The van der Waals surface area contributed by atoms with Gasteiger partial charge in [0.05, 0.1) is 11.8 Å². The zero-order valence-corrected chi connectivity index (χ0v) is 8.01. The van der Waals surface area contributed by atoms with Crippen LogP contribution in [-0.4, -0.2) is 20.5 Å². The van der Waals surface area contributed by atoms with Crippen LogP contribution in [0.4, 0.5) is 0 Å². The normalized spacial score (nSPS) is 9.27. The molecule has 0 unspecified atom stereocenters. The summed E-state index contributed by atoms with van der Waals surface area (Å²) in [7, 11) is 0. The molecule has 1 N–H and O–H groups in total. The molecular formula is C9H6LiN3O2. The maximum atomic E-state index is 10.7. The van der Waals surface area contributed by atoms with Gasteiger partial charge in [-0.3, -0.25) is 4.40 Å². The Morgan fingerprint density at radius 1 is 1.60 bits per heavy atom. The topological polar surface area (TPSA) is 78.4 Å². The van der Waals surface area contributed by atoms with Crippen molar-refractivity contribution in [3.8, 4) is 6.07 Å². The van der Waals surface area contributed by atoms with Crippen LogP contribution in [0.1, 0.15) is 17.5 Å². The molecule has 0 amide bonds. The van der Waals surface area contributed by atoms with Crippen LogP contribution in [0.3, 0.4) is 0 Å². The van der Waals surface area contributed by atoms with Gasteiger partial charge in [-0.2, -0.15) is 5.26 Å². The smallest absolute Gasteiger partial charge is 1.00 e. The summed E-state index contributed by atoms with van der Waals surface area (Å²) in [6.45, 7) is 0. The summed E-state index contributed by atoms with van der Waals surface area (Å²) in [6, 6.07) is 5.13. The minimum Gasteiger partial charge on any atom is -1.00 e. The van der Waals surface area contributed by atoms with Crippen LogP contribution < -0.4 is 18.9 Å². The molecule has 5 nitrogen and oxygen atoms in total. The number of nitriles is 1. The van der Waals surface area contributed by atoms with E-state index in [0.717, 1.165) is 0 Å².